The molecule has 0 unspecified atom stereocenters. The molecule has 0 amide bonds. The van der Waals surface area contributed by atoms with Crippen LogP contribution in [0.2, 0.25) is 0 Å². The predicted molar refractivity (Wildman–Crippen MR) is 95.2 cm³/mol. The number of aromatic amines is 1. The van der Waals surface area contributed by atoms with E-state index in [1.165, 1.54) is 0 Å². The second-order valence-corrected chi connectivity index (χ2v) is 6.18. The molecule has 0 fully saturated rings. The van der Waals surface area contributed by atoms with E-state index in [1.807, 2.05) is 34.6 Å². The number of fused-ring (bicyclic) bond motifs is 1. The molecule has 1 aromatic carbocycles. The highest BCUT2D eigenvalue weighted by atomic mass is 16.5. The van der Waals surface area contributed by atoms with Gasteiger partial charge in [-0.05, 0) is 45.4 Å². The van der Waals surface area contributed by atoms with Gasteiger partial charge in [-0.15, -0.1) is 0 Å². The van der Waals surface area contributed by atoms with E-state index in [0.29, 0.717) is 11.4 Å². The standard InChI is InChI=1S/C18H21N5O/c1-8(19)16(9(2)20)14-6-13(17-10(3)23-24-11(17)4)7-15-18(14)22-12(5)21-15/h6-7,19H,20H2,1-5H3,(H,21,22)/p+1. The molecule has 0 aliphatic rings. The van der Waals surface area contributed by atoms with Crippen molar-refractivity contribution in [1.82, 2.24) is 15.1 Å². The van der Waals surface area contributed by atoms with E-state index in [1.54, 1.807) is 0 Å². The molecule has 0 saturated carbocycles. The maximum atomic E-state index is 6.11. The Morgan fingerprint density at radius 1 is 1.21 bits per heavy atom. The van der Waals surface area contributed by atoms with Crippen LogP contribution in [0.25, 0.3) is 27.7 Å². The Hall–Kier alpha value is -2.89. The molecule has 0 atom stereocenters. The van der Waals surface area contributed by atoms with Crippen molar-refractivity contribution in [3.63, 3.8) is 0 Å². The average molecular weight is 324 g/mol. The van der Waals surface area contributed by atoms with Crippen LogP contribution in [-0.2, 0) is 0 Å². The van der Waals surface area contributed by atoms with Gasteiger partial charge in [-0.25, -0.2) is 4.98 Å². The fraction of sp³-hybridized carbons (Fsp3) is 0.278. The SMILES string of the molecule is CC(=[NH2+])C(=C(C)N)c1cc(-c2c(C)noc2C)cc2[nH]c(C)nc12. The molecule has 0 bridgehead atoms. The lowest BCUT2D eigenvalue weighted by atomic mass is 9.94. The summed E-state index contributed by atoms with van der Waals surface area (Å²) in [5, 5.41) is 10.2. The Morgan fingerprint density at radius 2 is 1.92 bits per heavy atom. The van der Waals surface area contributed by atoms with Crippen molar-refractivity contribution < 1.29 is 9.93 Å². The van der Waals surface area contributed by atoms with E-state index in [9.17, 15) is 0 Å². The van der Waals surface area contributed by atoms with Crippen molar-refractivity contribution in [1.29, 1.82) is 0 Å². The molecule has 24 heavy (non-hydrogen) atoms. The number of benzene rings is 1. The van der Waals surface area contributed by atoms with Crippen LogP contribution in [-0.4, -0.2) is 20.8 Å². The summed E-state index contributed by atoms with van der Waals surface area (Å²) in [6.45, 7) is 9.46. The smallest absolute Gasteiger partial charge is 0.179 e. The third-order valence-electron chi connectivity index (χ3n) is 4.09. The van der Waals surface area contributed by atoms with E-state index in [2.05, 4.69) is 27.3 Å². The summed E-state index contributed by atoms with van der Waals surface area (Å²) in [6.07, 6.45) is 0. The van der Waals surface area contributed by atoms with Crippen LogP contribution in [0.4, 0.5) is 0 Å². The number of imidazole rings is 1. The largest absolute Gasteiger partial charge is 0.402 e. The number of H-pyrrole nitrogens is 1. The highest BCUT2D eigenvalue weighted by Gasteiger charge is 2.20. The van der Waals surface area contributed by atoms with Gasteiger partial charge < -0.3 is 15.2 Å². The predicted octanol–water partition coefficient (Wildman–Crippen LogP) is 2.05. The molecule has 0 spiro atoms. The van der Waals surface area contributed by atoms with Crippen LogP contribution in [0.5, 0.6) is 0 Å². The summed E-state index contributed by atoms with van der Waals surface area (Å²) in [6, 6.07) is 4.11. The molecule has 3 rings (SSSR count). The lowest BCUT2D eigenvalue weighted by Crippen LogP contribution is -2.39. The Kier molecular flexibility index (Phi) is 3.75. The average Bonchev–Trinajstić information content (AvgIpc) is 3.00. The molecule has 0 saturated heterocycles. The number of nitrogens with zero attached hydrogens (tertiary/aromatic N) is 2. The van der Waals surface area contributed by atoms with E-state index in [0.717, 1.165) is 50.6 Å². The Labute approximate surface area is 140 Å². The number of rotatable bonds is 3. The zero-order valence-corrected chi connectivity index (χ0v) is 14.6. The van der Waals surface area contributed by atoms with Crippen LogP contribution in [0.15, 0.2) is 22.4 Å². The van der Waals surface area contributed by atoms with Crippen molar-refractivity contribution in [3.05, 3.63) is 40.7 Å². The van der Waals surface area contributed by atoms with Crippen molar-refractivity contribution in [2.45, 2.75) is 34.6 Å². The van der Waals surface area contributed by atoms with Gasteiger partial charge in [-0.1, -0.05) is 5.16 Å². The van der Waals surface area contributed by atoms with Gasteiger partial charge >= 0.3 is 0 Å². The first-order valence-corrected chi connectivity index (χ1v) is 7.79. The van der Waals surface area contributed by atoms with E-state index >= 15 is 0 Å². The van der Waals surface area contributed by atoms with Crippen LogP contribution >= 0.6 is 0 Å². The summed E-state index contributed by atoms with van der Waals surface area (Å²) in [4.78, 5) is 7.91. The van der Waals surface area contributed by atoms with Gasteiger partial charge in [-0.2, -0.15) is 0 Å². The highest BCUT2D eigenvalue weighted by Crippen LogP contribution is 2.34. The molecular formula is C18H22N5O+. The summed E-state index contributed by atoms with van der Waals surface area (Å²) in [5.74, 6) is 1.61. The first kappa shape index (κ1) is 16.0. The minimum Gasteiger partial charge on any atom is -0.402 e. The van der Waals surface area contributed by atoms with E-state index < -0.39 is 0 Å². The van der Waals surface area contributed by atoms with Gasteiger partial charge in [0.25, 0.3) is 0 Å². The van der Waals surface area contributed by atoms with Crippen LogP contribution in [0.1, 0.15) is 36.7 Å². The molecule has 3 aromatic rings. The Morgan fingerprint density at radius 3 is 2.46 bits per heavy atom. The summed E-state index contributed by atoms with van der Waals surface area (Å²) in [5.41, 5.74) is 13.8. The van der Waals surface area contributed by atoms with Crippen molar-refractivity contribution in [3.8, 4) is 11.1 Å². The third-order valence-corrected chi connectivity index (χ3v) is 4.09. The van der Waals surface area contributed by atoms with Gasteiger partial charge in [0.1, 0.15) is 11.6 Å². The van der Waals surface area contributed by atoms with Gasteiger partial charge in [0.2, 0.25) is 0 Å². The number of nitrogens with one attached hydrogen (secondary N) is 1. The van der Waals surface area contributed by atoms with Crippen molar-refractivity contribution in [2.24, 2.45) is 5.73 Å². The molecule has 0 radical (unpaired) electrons. The number of aromatic nitrogens is 3. The van der Waals surface area contributed by atoms with Gasteiger partial charge in [0.05, 0.1) is 22.3 Å². The number of allylic oxidation sites excluding steroid dienone is 2. The maximum Gasteiger partial charge on any atom is 0.179 e. The quantitative estimate of drug-likeness (QED) is 0.641. The first-order chi connectivity index (χ1) is 11.3. The molecule has 6 heteroatoms. The van der Waals surface area contributed by atoms with Crippen LogP contribution in [0, 0.1) is 20.8 Å². The normalized spacial score (nSPS) is 12.5. The first-order valence-electron chi connectivity index (χ1n) is 7.79. The number of nitrogens with two attached hydrogens (primary N) is 2. The molecule has 124 valence electrons. The lowest BCUT2D eigenvalue weighted by Gasteiger charge is -2.10. The van der Waals surface area contributed by atoms with E-state index in [-0.39, 0.29) is 0 Å². The summed E-state index contributed by atoms with van der Waals surface area (Å²) < 4.78 is 5.32. The van der Waals surface area contributed by atoms with Crippen LogP contribution in [0.3, 0.4) is 0 Å². The Balaban J connectivity index is 2.40. The topological polar surface area (TPSA) is 106 Å². The number of hydrogen-bond acceptors (Lipinski definition) is 4. The highest BCUT2D eigenvalue weighted by molar-refractivity contribution is 6.23. The third kappa shape index (κ3) is 2.50. The molecule has 2 heterocycles. The van der Waals surface area contributed by atoms with Crippen LogP contribution < -0.4 is 11.1 Å². The Bertz CT molecular complexity index is 967. The monoisotopic (exact) mass is 324 g/mol. The summed E-state index contributed by atoms with van der Waals surface area (Å²) >= 11 is 0. The molecule has 0 aliphatic carbocycles. The number of hydrogen-bond donors (Lipinski definition) is 3. The second-order valence-electron chi connectivity index (χ2n) is 6.18. The second kappa shape index (κ2) is 5.63. The van der Waals surface area contributed by atoms with Gasteiger partial charge in [0, 0.05) is 23.7 Å². The van der Waals surface area contributed by atoms with Gasteiger partial charge in [-0.3, -0.25) is 5.41 Å². The number of aryl methyl sites for hydroxylation is 3. The lowest BCUT2D eigenvalue weighted by molar-refractivity contribution is -0.111. The minimum absolute atomic E-state index is 0.660. The van der Waals surface area contributed by atoms with Gasteiger partial charge in [0.15, 0.2) is 5.71 Å². The minimum atomic E-state index is 0.660. The molecule has 6 nitrogen and oxygen atoms in total. The van der Waals surface area contributed by atoms with Crippen molar-refractivity contribution >= 4 is 22.3 Å². The maximum absolute atomic E-state index is 6.11. The molecule has 2 aromatic heterocycles. The molecular weight excluding hydrogens is 302 g/mol. The molecule has 5 N–H and O–H groups in total. The fourth-order valence-corrected chi connectivity index (χ4v) is 3.21. The zero-order valence-electron chi connectivity index (χ0n) is 14.6. The summed E-state index contributed by atoms with van der Waals surface area (Å²) in [7, 11) is 0. The van der Waals surface area contributed by atoms with Crippen molar-refractivity contribution in [2.75, 3.05) is 0 Å². The zero-order chi connectivity index (χ0) is 17.6. The van der Waals surface area contributed by atoms with E-state index in [4.69, 9.17) is 15.7 Å². The molecule has 0 aliphatic heterocycles. The fourth-order valence-electron chi connectivity index (χ4n) is 3.21.